The number of rotatable bonds is 11. The lowest BCUT2D eigenvalue weighted by molar-refractivity contribution is -0.0265. The molecular weight excluding hydrogens is 204 g/mol. The molecule has 16 heavy (non-hydrogen) atoms. The SMILES string of the molecule is CCCCC(CC)COCC(C)OCCO. The predicted molar refractivity (Wildman–Crippen MR) is 66.6 cm³/mol. The summed E-state index contributed by atoms with van der Waals surface area (Å²) in [6, 6.07) is 0. The van der Waals surface area contributed by atoms with Crippen molar-refractivity contribution < 1.29 is 14.6 Å². The van der Waals surface area contributed by atoms with Crippen LogP contribution in [0.1, 0.15) is 46.5 Å². The minimum absolute atomic E-state index is 0.0795. The smallest absolute Gasteiger partial charge is 0.0781 e. The molecule has 0 aromatic carbocycles. The largest absolute Gasteiger partial charge is 0.394 e. The Balaban J connectivity index is 3.45. The Labute approximate surface area is 100 Å². The molecule has 0 rings (SSSR count). The molecule has 2 unspecified atom stereocenters. The fourth-order valence-corrected chi connectivity index (χ4v) is 1.60. The highest BCUT2D eigenvalue weighted by Crippen LogP contribution is 2.12. The minimum atomic E-state index is 0.0795. The Morgan fingerprint density at radius 3 is 2.50 bits per heavy atom. The van der Waals surface area contributed by atoms with Crippen molar-refractivity contribution in [3.63, 3.8) is 0 Å². The summed E-state index contributed by atoms with van der Waals surface area (Å²) in [5, 5.41) is 8.60. The second-order valence-electron chi connectivity index (χ2n) is 4.36. The maximum absolute atomic E-state index is 8.60. The third-order valence-corrected chi connectivity index (χ3v) is 2.74. The molecule has 0 bridgehead atoms. The van der Waals surface area contributed by atoms with Crippen molar-refractivity contribution in [2.45, 2.75) is 52.6 Å². The average Bonchev–Trinajstić information content (AvgIpc) is 2.30. The Kier molecular flexibility index (Phi) is 11.3. The Bertz CT molecular complexity index is 139. The van der Waals surface area contributed by atoms with Gasteiger partial charge in [-0.25, -0.2) is 0 Å². The van der Waals surface area contributed by atoms with Gasteiger partial charge in [0.05, 0.1) is 25.9 Å². The fourth-order valence-electron chi connectivity index (χ4n) is 1.60. The molecule has 0 aromatic rings. The van der Waals surface area contributed by atoms with Crippen LogP contribution in [0.2, 0.25) is 0 Å². The molecule has 0 fully saturated rings. The summed E-state index contributed by atoms with van der Waals surface area (Å²) in [6.07, 6.45) is 5.08. The molecule has 0 aliphatic rings. The summed E-state index contributed by atoms with van der Waals surface area (Å²) in [6.45, 7) is 8.36. The summed E-state index contributed by atoms with van der Waals surface area (Å²) in [5.41, 5.74) is 0. The highest BCUT2D eigenvalue weighted by molar-refractivity contribution is 4.57. The van der Waals surface area contributed by atoms with Crippen LogP contribution in [0, 0.1) is 5.92 Å². The topological polar surface area (TPSA) is 38.7 Å². The van der Waals surface area contributed by atoms with Gasteiger partial charge < -0.3 is 14.6 Å². The van der Waals surface area contributed by atoms with Crippen LogP contribution in [-0.2, 0) is 9.47 Å². The monoisotopic (exact) mass is 232 g/mol. The van der Waals surface area contributed by atoms with E-state index in [0.29, 0.717) is 19.1 Å². The van der Waals surface area contributed by atoms with E-state index >= 15 is 0 Å². The second-order valence-corrected chi connectivity index (χ2v) is 4.36. The third-order valence-electron chi connectivity index (χ3n) is 2.74. The van der Waals surface area contributed by atoms with Crippen LogP contribution < -0.4 is 0 Å². The molecule has 0 heterocycles. The third kappa shape index (κ3) is 9.13. The minimum Gasteiger partial charge on any atom is -0.394 e. The maximum Gasteiger partial charge on any atom is 0.0781 e. The molecule has 2 atom stereocenters. The molecule has 0 saturated heterocycles. The summed E-state index contributed by atoms with van der Waals surface area (Å²) >= 11 is 0. The lowest BCUT2D eigenvalue weighted by atomic mass is 10.0. The Hall–Kier alpha value is -0.120. The highest BCUT2D eigenvalue weighted by atomic mass is 16.5. The van der Waals surface area contributed by atoms with Gasteiger partial charge in [0.2, 0.25) is 0 Å². The first kappa shape index (κ1) is 15.9. The lowest BCUT2D eigenvalue weighted by Gasteiger charge is -2.17. The van der Waals surface area contributed by atoms with Gasteiger partial charge in [0.1, 0.15) is 0 Å². The van der Waals surface area contributed by atoms with Gasteiger partial charge in [-0.15, -0.1) is 0 Å². The van der Waals surface area contributed by atoms with E-state index in [2.05, 4.69) is 13.8 Å². The molecule has 0 aliphatic heterocycles. The van der Waals surface area contributed by atoms with Gasteiger partial charge in [-0.2, -0.15) is 0 Å². The summed E-state index contributed by atoms with van der Waals surface area (Å²) in [5.74, 6) is 0.685. The first-order valence-electron chi connectivity index (χ1n) is 6.54. The van der Waals surface area contributed by atoms with Crippen molar-refractivity contribution in [1.82, 2.24) is 0 Å². The van der Waals surface area contributed by atoms with E-state index in [1.165, 1.54) is 25.7 Å². The van der Waals surface area contributed by atoms with Crippen molar-refractivity contribution >= 4 is 0 Å². The van der Waals surface area contributed by atoms with E-state index in [4.69, 9.17) is 14.6 Å². The van der Waals surface area contributed by atoms with Crippen LogP contribution in [-0.4, -0.2) is 37.6 Å². The van der Waals surface area contributed by atoms with E-state index in [9.17, 15) is 0 Å². The molecule has 0 aliphatic carbocycles. The zero-order valence-corrected chi connectivity index (χ0v) is 11.1. The Morgan fingerprint density at radius 1 is 1.19 bits per heavy atom. The first-order valence-corrected chi connectivity index (χ1v) is 6.54. The van der Waals surface area contributed by atoms with Crippen molar-refractivity contribution in [3.8, 4) is 0 Å². The van der Waals surface area contributed by atoms with Crippen LogP contribution in [0.5, 0.6) is 0 Å². The molecule has 0 amide bonds. The maximum atomic E-state index is 8.60. The van der Waals surface area contributed by atoms with Gasteiger partial charge in [-0.1, -0.05) is 33.1 Å². The van der Waals surface area contributed by atoms with Crippen LogP contribution in [0.25, 0.3) is 0 Å². The number of aliphatic hydroxyl groups is 1. The average molecular weight is 232 g/mol. The van der Waals surface area contributed by atoms with Crippen LogP contribution in [0.15, 0.2) is 0 Å². The normalized spacial score (nSPS) is 15.0. The van der Waals surface area contributed by atoms with Gasteiger partial charge in [0, 0.05) is 6.61 Å². The van der Waals surface area contributed by atoms with Crippen LogP contribution in [0.4, 0.5) is 0 Å². The molecule has 0 radical (unpaired) electrons. The Morgan fingerprint density at radius 2 is 1.94 bits per heavy atom. The fraction of sp³-hybridized carbons (Fsp3) is 1.00. The summed E-state index contributed by atoms with van der Waals surface area (Å²) in [4.78, 5) is 0. The quantitative estimate of drug-likeness (QED) is 0.595. The molecular formula is C13H28O3. The van der Waals surface area contributed by atoms with E-state index < -0.39 is 0 Å². The van der Waals surface area contributed by atoms with Crippen molar-refractivity contribution in [2.24, 2.45) is 5.92 Å². The van der Waals surface area contributed by atoms with Crippen molar-refractivity contribution in [3.05, 3.63) is 0 Å². The zero-order valence-electron chi connectivity index (χ0n) is 11.1. The number of unbranched alkanes of at least 4 members (excludes halogenated alkanes) is 1. The van der Waals surface area contributed by atoms with Gasteiger partial charge in [0.15, 0.2) is 0 Å². The summed E-state index contributed by atoms with van der Waals surface area (Å²) in [7, 11) is 0. The lowest BCUT2D eigenvalue weighted by Crippen LogP contribution is -2.20. The number of hydrogen-bond donors (Lipinski definition) is 1. The van der Waals surface area contributed by atoms with E-state index in [0.717, 1.165) is 6.61 Å². The van der Waals surface area contributed by atoms with Crippen LogP contribution in [0.3, 0.4) is 0 Å². The van der Waals surface area contributed by atoms with E-state index in [1.54, 1.807) is 0 Å². The first-order chi connectivity index (χ1) is 7.74. The predicted octanol–water partition coefficient (Wildman–Crippen LogP) is 2.62. The van der Waals surface area contributed by atoms with Crippen LogP contribution >= 0.6 is 0 Å². The molecule has 1 N–H and O–H groups in total. The highest BCUT2D eigenvalue weighted by Gasteiger charge is 2.07. The van der Waals surface area contributed by atoms with Crippen molar-refractivity contribution in [2.75, 3.05) is 26.4 Å². The van der Waals surface area contributed by atoms with E-state index in [1.807, 2.05) is 6.92 Å². The molecule has 0 spiro atoms. The molecule has 0 aromatic heterocycles. The number of ether oxygens (including phenoxy) is 2. The number of aliphatic hydroxyl groups excluding tert-OH is 1. The van der Waals surface area contributed by atoms with E-state index in [-0.39, 0.29) is 12.7 Å². The van der Waals surface area contributed by atoms with Gasteiger partial charge in [0.25, 0.3) is 0 Å². The molecule has 0 saturated carbocycles. The standard InChI is InChI=1S/C13H28O3/c1-4-6-7-13(5-2)11-15-10-12(3)16-9-8-14/h12-14H,4-11H2,1-3H3. The molecule has 98 valence electrons. The number of hydrogen-bond acceptors (Lipinski definition) is 3. The molecule has 3 nitrogen and oxygen atoms in total. The van der Waals surface area contributed by atoms with Gasteiger partial charge in [-0.3, -0.25) is 0 Å². The second kappa shape index (κ2) is 11.4. The van der Waals surface area contributed by atoms with Gasteiger partial charge >= 0.3 is 0 Å². The molecule has 3 heteroatoms. The summed E-state index contributed by atoms with van der Waals surface area (Å²) < 4.78 is 10.9. The zero-order chi connectivity index (χ0) is 12.2. The van der Waals surface area contributed by atoms with Crippen molar-refractivity contribution in [1.29, 1.82) is 0 Å². The van der Waals surface area contributed by atoms with Gasteiger partial charge in [-0.05, 0) is 19.3 Å².